The average Bonchev–Trinajstić information content (AvgIpc) is 2.39. The lowest BCUT2D eigenvalue weighted by Crippen LogP contribution is -1.89. The average molecular weight is 248 g/mol. The lowest BCUT2D eigenvalue weighted by Gasteiger charge is -2.02. The van der Waals surface area contributed by atoms with Crippen molar-refractivity contribution in [1.82, 2.24) is 9.97 Å². The van der Waals surface area contributed by atoms with Crippen LogP contribution in [0.1, 0.15) is 11.1 Å². The molecule has 0 unspecified atom stereocenters. The van der Waals surface area contributed by atoms with E-state index in [2.05, 4.69) is 35.2 Å². The number of aromatic nitrogens is 2. The van der Waals surface area contributed by atoms with E-state index in [9.17, 15) is 0 Å². The van der Waals surface area contributed by atoms with Crippen LogP contribution in [0, 0.1) is 0 Å². The van der Waals surface area contributed by atoms with Crippen LogP contribution >= 0.6 is 25.3 Å². The second-order valence-corrected chi connectivity index (χ2v) is 4.05. The Morgan fingerprint density at radius 1 is 0.750 bits per heavy atom. The van der Waals surface area contributed by atoms with E-state index in [0.717, 1.165) is 22.5 Å². The van der Waals surface area contributed by atoms with E-state index in [1.54, 1.807) is 0 Å². The first-order valence-corrected chi connectivity index (χ1v) is 6.22. The molecule has 0 amide bonds. The fourth-order valence-electron chi connectivity index (χ4n) is 1.34. The summed E-state index contributed by atoms with van der Waals surface area (Å²) in [6.45, 7) is 0. The standard InChI is InChI=1S/C12H12N2S2/c15-7-9-1-3-11(13-5-9)12-4-2-10(8-16)6-14-12/h1-6,15-16H,7-8H2. The SMILES string of the molecule is SCc1ccc(-c2ccc(CS)cn2)nc1. The molecule has 0 bridgehead atoms. The summed E-state index contributed by atoms with van der Waals surface area (Å²) in [5.41, 5.74) is 3.99. The normalized spacial score (nSPS) is 10.4. The van der Waals surface area contributed by atoms with Crippen LogP contribution in [0.15, 0.2) is 36.7 Å². The van der Waals surface area contributed by atoms with Gasteiger partial charge in [0.05, 0.1) is 11.4 Å². The zero-order chi connectivity index (χ0) is 11.4. The van der Waals surface area contributed by atoms with Crippen molar-refractivity contribution in [3.63, 3.8) is 0 Å². The van der Waals surface area contributed by atoms with E-state index in [1.165, 1.54) is 0 Å². The summed E-state index contributed by atoms with van der Waals surface area (Å²) in [7, 11) is 0. The Kier molecular flexibility index (Phi) is 3.85. The van der Waals surface area contributed by atoms with Gasteiger partial charge in [0, 0.05) is 23.9 Å². The highest BCUT2D eigenvalue weighted by Gasteiger charge is 2.00. The molecule has 4 heteroatoms. The van der Waals surface area contributed by atoms with Crippen LogP contribution in [0.3, 0.4) is 0 Å². The molecule has 2 heterocycles. The molecule has 0 aliphatic rings. The quantitative estimate of drug-likeness (QED) is 0.817. The van der Waals surface area contributed by atoms with Crippen LogP contribution in [0.4, 0.5) is 0 Å². The predicted molar refractivity (Wildman–Crippen MR) is 72.8 cm³/mol. The van der Waals surface area contributed by atoms with Crippen LogP contribution in [-0.4, -0.2) is 9.97 Å². The number of nitrogens with zero attached hydrogens (tertiary/aromatic N) is 2. The van der Waals surface area contributed by atoms with Crippen LogP contribution in [0.5, 0.6) is 0 Å². The highest BCUT2D eigenvalue weighted by Crippen LogP contribution is 2.15. The molecule has 0 aliphatic carbocycles. The minimum atomic E-state index is 0.708. The van der Waals surface area contributed by atoms with Gasteiger partial charge in [-0.1, -0.05) is 12.1 Å². The molecule has 0 N–H and O–H groups in total. The van der Waals surface area contributed by atoms with Gasteiger partial charge in [-0.05, 0) is 23.3 Å². The lowest BCUT2D eigenvalue weighted by atomic mass is 10.2. The zero-order valence-electron chi connectivity index (χ0n) is 8.67. The summed E-state index contributed by atoms with van der Waals surface area (Å²) in [5, 5.41) is 0. The van der Waals surface area contributed by atoms with Gasteiger partial charge in [0.2, 0.25) is 0 Å². The third-order valence-electron chi connectivity index (χ3n) is 2.28. The van der Waals surface area contributed by atoms with Gasteiger partial charge in [-0.2, -0.15) is 25.3 Å². The number of hydrogen-bond donors (Lipinski definition) is 2. The highest BCUT2D eigenvalue weighted by atomic mass is 32.1. The van der Waals surface area contributed by atoms with E-state index in [4.69, 9.17) is 0 Å². The van der Waals surface area contributed by atoms with Gasteiger partial charge in [-0.3, -0.25) is 9.97 Å². The molecule has 0 radical (unpaired) electrons. The second kappa shape index (κ2) is 5.37. The molecule has 16 heavy (non-hydrogen) atoms. The summed E-state index contributed by atoms with van der Waals surface area (Å²) < 4.78 is 0. The molecule has 0 saturated heterocycles. The Morgan fingerprint density at radius 2 is 1.19 bits per heavy atom. The Balaban J connectivity index is 2.28. The summed E-state index contributed by atoms with van der Waals surface area (Å²) in [6, 6.07) is 7.97. The molecule has 2 nitrogen and oxygen atoms in total. The molecule has 0 aromatic carbocycles. The lowest BCUT2D eigenvalue weighted by molar-refractivity contribution is 1.20. The second-order valence-electron chi connectivity index (χ2n) is 3.42. The molecule has 2 rings (SSSR count). The van der Waals surface area contributed by atoms with Crippen molar-refractivity contribution in [2.45, 2.75) is 11.5 Å². The minimum absolute atomic E-state index is 0.708. The number of hydrogen-bond acceptors (Lipinski definition) is 4. The fourth-order valence-corrected chi connectivity index (χ4v) is 1.71. The van der Waals surface area contributed by atoms with Gasteiger partial charge in [-0.15, -0.1) is 0 Å². The van der Waals surface area contributed by atoms with Crippen molar-refractivity contribution in [2.24, 2.45) is 0 Å². The van der Waals surface area contributed by atoms with E-state index < -0.39 is 0 Å². The van der Waals surface area contributed by atoms with Crippen molar-refractivity contribution in [3.8, 4) is 11.4 Å². The Hall–Kier alpha value is -1.00. The van der Waals surface area contributed by atoms with E-state index >= 15 is 0 Å². The minimum Gasteiger partial charge on any atom is -0.254 e. The van der Waals surface area contributed by atoms with E-state index in [-0.39, 0.29) is 0 Å². The van der Waals surface area contributed by atoms with Crippen LogP contribution in [0.2, 0.25) is 0 Å². The van der Waals surface area contributed by atoms with Gasteiger partial charge in [0.25, 0.3) is 0 Å². The number of thiol groups is 2. The van der Waals surface area contributed by atoms with Crippen LogP contribution < -0.4 is 0 Å². The summed E-state index contributed by atoms with van der Waals surface area (Å²) in [5.74, 6) is 1.42. The Morgan fingerprint density at radius 3 is 1.44 bits per heavy atom. The third-order valence-corrected chi connectivity index (χ3v) is 3.01. The summed E-state index contributed by atoms with van der Waals surface area (Å²) in [4.78, 5) is 8.69. The van der Waals surface area contributed by atoms with Crippen molar-refractivity contribution in [3.05, 3.63) is 47.8 Å². The van der Waals surface area contributed by atoms with Gasteiger partial charge in [-0.25, -0.2) is 0 Å². The van der Waals surface area contributed by atoms with E-state index in [1.807, 2.05) is 36.7 Å². The molecule has 0 aliphatic heterocycles. The fraction of sp³-hybridized carbons (Fsp3) is 0.167. The topological polar surface area (TPSA) is 25.8 Å². The van der Waals surface area contributed by atoms with Crippen molar-refractivity contribution in [2.75, 3.05) is 0 Å². The van der Waals surface area contributed by atoms with E-state index in [0.29, 0.717) is 11.5 Å². The Bertz CT molecular complexity index is 406. The predicted octanol–water partition coefficient (Wildman–Crippen LogP) is 3.00. The summed E-state index contributed by atoms with van der Waals surface area (Å²) in [6.07, 6.45) is 3.66. The molecule has 82 valence electrons. The van der Waals surface area contributed by atoms with Crippen LogP contribution in [-0.2, 0) is 11.5 Å². The molecule has 0 spiro atoms. The highest BCUT2D eigenvalue weighted by molar-refractivity contribution is 7.79. The third kappa shape index (κ3) is 2.57. The monoisotopic (exact) mass is 248 g/mol. The Labute approximate surface area is 106 Å². The molecule has 0 saturated carbocycles. The first-order chi connectivity index (χ1) is 7.83. The molecular weight excluding hydrogens is 236 g/mol. The maximum Gasteiger partial charge on any atom is 0.0886 e. The first-order valence-electron chi connectivity index (χ1n) is 4.95. The van der Waals surface area contributed by atoms with Crippen molar-refractivity contribution >= 4 is 25.3 Å². The van der Waals surface area contributed by atoms with Crippen LogP contribution in [0.25, 0.3) is 11.4 Å². The molecule has 0 atom stereocenters. The largest absolute Gasteiger partial charge is 0.254 e. The summed E-state index contributed by atoms with van der Waals surface area (Å²) >= 11 is 8.39. The molecule has 0 fully saturated rings. The maximum absolute atomic E-state index is 4.34. The van der Waals surface area contributed by atoms with Crippen molar-refractivity contribution < 1.29 is 0 Å². The van der Waals surface area contributed by atoms with Gasteiger partial charge in [0.1, 0.15) is 0 Å². The van der Waals surface area contributed by atoms with Gasteiger partial charge < -0.3 is 0 Å². The first kappa shape index (κ1) is 11.5. The van der Waals surface area contributed by atoms with Gasteiger partial charge >= 0.3 is 0 Å². The van der Waals surface area contributed by atoms with Gasteiger partial charge in [0.15, 0.2) is 0 Å². The van der Waals surface area contributed by atoms with Crippen molar-refractivity contribution in [1.29, 1.82) is 0 Å². The molecular formula is C12H12N2S2. The number of pyridine rings is 2. The zero-order valence-corrected chi connectivity index (χ0v) is 10.5. The number of rotatable bonds is 3. The molecule has 2 aromatic heterocycles. The molecule has 2 aromatic rings. The smallest absolute Gasteiger partial charge is 0.0886 e. The maximum atomic E-state index is 4.34.